The van der Waals surface area contributed by atoms with E-state index in [1.54, 1.807) is 13.0 Å². The molecule has 0 bridgehead atoms. The topological polar surface area (TPSA) is 23.1 Å². The smallest absolute Gasteiger partial charge is 0.870 e. The average Bonchev–Trinajstić information content (AvgIpc) is 1.35. The summed E-state index contributed by atoms with van der Waals surface area (Å²) in [6.07, 6.45) is 1.60. The fourth-order valence-electron chi connectivity index (χ4n) is 0.203. The Morgan fingerprint density at radius 3 is 2.14 bits per heavy atom. The molecule has 0 aliphatic heterocycles. The fraction of sp³-hybridized carbons (Fsp3) is 0.400. The van der Waals surface area contributed by atoms with Gasteiger partial charge in [0.1, 0.15) is 0 Å². The van der Waals surface area contributed by atoms with Crippen molar-refractivity contribution in [3.05, 3.63) is 17.6 Å². The summed E-state index contributed by atoms with van der Waals surface area (Å²) in [7, 11) is 0. The molecule has 0 heterocycles. The van der Waals surface area contributed by atoms with E-state index < -0.39 is 0 Å². The first-order chi connectivity index (χ1) is 2.77. The predicted octanol–water partition coefficient (Wildman–Crippen LogP) is -2.57. The standard InChI is InChI=1S/C5H8O.Li/c1-3-4-5(2)6;/h3,6H,1-2H3;/q;+1/p-1. The van der Waals surface area contributed by atoms with Gasteiger partial charge in [0.05, 0.1) is 0 Å². The Balaban J connectivity index is 0. The minimum atomic E-state index is -0.0162. The van der Waals surface area contributed by atoms with E-state index in [2.05, 4.69) is 5.73 Å². The Hall–Kier alpha value is -0.0826. The molecule has 0 N–H and O–H groups in total. The van der Waals surface area contributed by atoms with Gasteiger partial charge in [0.15, 0.2) is 0 Å². The third kappa shape index (κ3) is 10.7. The van der Waals surface area contributed by atoms with Gasteiger partial charge in [0.25, 0.3) is 0 Å². The summed E-state index contributed by atoms with van der Waals surface area (Å²) in [6, 6.07) is 0. The van der Waals surface area contributed by atoms with Crippen LogP contribution in [0, 0.1) is 0 Å². The van der Waals surface area contributed by atoms with Crippen LogP contribution in [-0.4, -0.2) is 0 Å². The molecule has 0 fully saturated rings. The van der Waals surface area contributed by atoms with Crippen molar-refractivity contribution < 1.29 is 24.0 Å². The Morgan fingerprint density at radius 2 is 2.14 bits per heavy atom. The number of hydrogen-bond acceptors (Lipinski definition) is 1. The van der Waals surface area contributed by atoms with Crippen LogP contribution in [0.25, 0.3) is 0 Å². The van der Waals surface area contributed by atoms with E-state index in [1.165, 1.54) is 6.92 Å². The van der Waals surface area contributed by atoms with Gasteiger partial charge in [-0.1, -0.05) is 5.76 Å². The van der Waals surface area contributed by atoms with Gasteiger partial charge in [-0.15, -0.1) is 5.73 Å². The van der Waals surface area contributed by atoms with Crippen molar-refractivity contribution in [1.29, 1.82) is 0 Å². The van der Waals surface area contributed by atoms with Gasteiger partial charge in [-0.3, -0.25) is 0 Å². The van der Waals surface area contributed by atoms with Crippen LogP contribution >= 0.6 is 0 Å². The van der Waals surface area contributed by atoms with E-state index in [0.29, 0.717) is 0 Å². The Bertz CT molecular complexity index is 86.3. The molecule has 0 aromatic heterocycles. The van der Waals surface area contributed by atoms with E-state index in [9.17, 15) is 5.11 Å². The van der Waals surface area contributed by atoms with Crippen LogP contribution in [0.5, 0.6) is 0 Å². The van der Waals surface area contributed by atoms with Crippen LogP contribution in [0.3, 0.4) is 0 Å². The Labute approximate surface area is 55.9 Å². The van der Waals surface area contributed by atoms with Crippen LogP contribution in [-0.2, 0) is 0 Å². The van der Waals surface area contributed by atoms with Crippen LogP contribution < -0.4 is 24.0 Å². The van der Waals surface area contributed by atoms with Gasteiger partial charge in [-0.05, 0) is 19.9 Å². The van der Waals surface area contributed by atoms with E-state index in [4.69, 9.17) is 0 Å². The first-order valence-electron chi connectivity index (χ1n) is 1.82. The van der Waals surface area contributed by atoms with Crippen molar-refractivity contribution in [2.75, 3.05) is 0 Å². The van der Waals surface area contributed by atoms with Gasteiger partial charge >= 0.3 is 18.9 Å². The third-order valence-corrected chi connectivity index (χ3v) is 0.348. The molecule has 0 aromatic carbocycles. The first kappa shape index (κ1) is 10.0. The molecular weight excluding hydrogens is 83.0 g/mol. The second-order valence-electron chi connectivity index (χ2n) is 0.989. The van der Waals surface area contributed by atoms with Crippen LogP contribution in [0.1, 0.15) is 13.8 Å². The van der Waals surface area contributed by atoms with Gasteiger partial charge in [-0.2, -0.15) is 0 Å². The zero-order valence-corrected chi connectivity index (χ0v) is 4.99. The van der Waals surface area contributed by atoms with Crippen LogP contribution in [0.15, 0.2) is 17.6 Å². The SMILES string of the molecule is CC=C=C(C)[O-].[Li+]. The summed E-state index contributed by atoms with van der Waals surface area (Å²) in [5, 5.41) is 9.90. The van der Waals surface area contributed by atoms with Crippen molar-refractivity contribution >= 4 is 0 Å². The molecule has 0 spiro atoms. The summed E-state index contributed by atoms with van der Waals surface area (Å²) in [5.41, 5.74) is 2.44. The minimum absolute atomic E-state index is 0. The minimum Gasteiger partial charge on any atom is -0.870 e. The van der Waals surface area contributed by atoms with E-state index >= 15 is 0 Å². The molecule has 1 nitrogen and oxygen atoms in total. The molecule has 0 saturated carbocycles. The van der Waals surface area contributed by atoms with Crippen LogP contribution in [0.4, 0.5) is 0 Å². The second-order valence-corrected chi connectivity index (χ2v) is 0.989. The molecule has 0 rings (SSSR count). The molecule has 0 aliphatic carbocycles. The molecular formula is C5H7LiO. The molecule has 0 saturated heterocycles. The number of allylic oxidation sites excluding steroid dienone is 1. The summed E-state index contributed by atoms with van der Waals surface area (Å²) in [4.78, 5) is 0. The van der Waals surface area contributed by atoms with E-state index in [-0.39, 0.29) is 24.6 Å². The molecule has 0 amide bonds. The Morgan fingerprint density at radius 1 is 1.71 bits per heavy atom. The fourth-order valence-corrected chi connectivity index (χ4v) is 0.203. The zero-order chi connectivity index (χ0) is 4.99. The molecule has 34 valence electrons. The second kappa shape index (κ2) is 5.92. The molecule has 0 radical (unpaired) electrons. The molecule has 0 unspecified atom stereocenters. The largest absolute Gasteiger partial charge is 1.00 e. The van der Waals surface area contributed by atoms with E-state index in [0.717, 1.165) is 0 Å². The molecule has 0 atom stereocenters. The quantitative estimate of drug-likeness (QED) is 0.182. The summed E-state index contributed by atoms with van der Waals surface area (Å²) < 4.78 is 0. The van der Waals surface area contributed by atoms with Gasteiger partial charge in [0.2, 0.25) is 0 Å². The number of rotatable bonds is 0. The van der Waals surface area contributed by atoms with Crippen molar-refractivity contribution in [2.45, 2.75) is 13.8 Å². The van der Waals surface area contributed by atoms with Gasteiger partial charge in [-0.25, -0.2) is 0 Å². The predicted molar refractivity (Wildman–Crippen MR) is 22.9 cm³/mol. The maximum absolute atomic E-state index is 9.90. The first-order valence-corrected chi connectivity index (χ1v) is 1.82. The summed E-state index contributed by atoms with van der Waals surface area (Å²) in [6.45, 7) is 3.24. The van der Waals surface area contributed by atoms with Gasteiger partial charge < -0.3 is 5.11 Å². The van der Waals surface area contributed by atoms with Gasteiger partial charge in [0, 0.05) is 0 Å². The summed E-state index contributed by atoms with van der Waals surface area (Å²) >= 11 is 0. The van der Waals surface area contributed by atoms with E-state index in [1.807, 2.05) is 0 Å². The Kier molecular flexibility index (Phi) is 8.47. The van der Waals surface area contributed by atoms with Crippen LogP contribution in [0.2, 0.25) is 0 Å². The molecule has 7 heavy (non-hydrogen) atoms. The van der Waals surface area contributed by atoms with Crippen molar-refractivity contribution in [3.63, 3.8) is 0 Å². The third-order valence-electron chi connectivity index (χ3n) is 0.348. The maximum atomic E-state index is 9.90. The molecule has 0 aliphatic rings. The monoisotopic (exact) mass is 90.1 g/mol. The molecule has 2 heteroatoms. The van der Waals surface area contributed by atoms with Crippen molar-refractivity contribution in [2.24, 2.45) is 0 Å². The summed E-state index contributed by atoms with van der Waals surface area (Å²) in [5.74, 6) is -0.0162. The molecule has 0 aromatic rings. The van der Waals surface area contributed by atoms with Crippen molar-refractivity contribution in [1.82, 2.24) is 0 Å². The maximum Gasteiger partial charge on any atom is 1.00 e. The normalized spacial score (nSPS) is 5.43. The zero-order valence-electron chi connectivity index (χ0n) is 4.99. The number of hydrogen-bond donors (Lipinski definition) is 0. The average molecular weight is 90.1 g/mol. The van der Waals surface area contributed by atoms with Crippen molar-refractivity contribution in [3.8, 4) is 0 Å².